The minimum absolute atomic E-state index is 0.109. The molecule has 6 heteroatoms. The third kappa shape index (κ3) is 5.94. The predicted octanol–water partition coefficient (Wildman–Crippen LogP) is 2.58. The molecule has 0 aliphatic heterocycles. The molecule has 2 rings (SSSR count). The monoisotopic (exact) mass is 357 g/mol. The van der Waals surface area contributed by atoms with Crippen molar-refractivity contribution in [2.24, 2.45) is 21.7 Å². The third-order valence-corrected chi connectivity index (χ3v) is 6.47. The quantitative estimate of drug-likeness (QED) is 0.491. The summed E-state index contributed by atoms with van der Waals surface area (Å²) >= 11 is 0. The Bertz CT molecular complexity index is 547. The standard InChI is InChI=1S/C18H35N3O2S/c1-5-19-16(20-12-17(7-6-8-17)11-15(2)3)21-13-18(9-10-18)14-24(4,22)23/h15H,5-14H2,1-4H3,(H2,19,20,21). The maximum Gasteiger partial charge on any atom is 0.191 e. The molecule has 2 fully saturated rings. The Labute approximate surface area is 148 Å². The van der Waals surface area contributed by atoms with Crippen LogP contribution in [0.5, 0.6) is 0 Å². The maximum absolute atomic E-state index is 11.6. The molecular weight excluding hydrogens is 322 g/mol. The van der Waals surface area contributed by atoms with Gasteiger partial charge in [-0.05, 0) is 50.4 Å². The average molecular weight is 358 g/mol. The number of hydrogen-bond donors (Lipinski definition) is 2. The molecule has 0 saturated heterocycles. The number of nitrogens with zero attached hydrogens (tertiary/aromatic N) is 1. The van der Waals surface area contributed by atoms with Gasteiger partial charge in [0.1, 0.15) is 9.84 Å². The Kier molecular flexibility index (Phi) is 6.21. The lowest BCUT2D eigenvalue weighted by atomic mass is 9.64. The van der Waals surface area contributed by atoms with Gasteiger partial charge >= 0.3 is 0 Å². The SMILES string of the molecule is CCNC(=NCC1(CS(C)(=O)=O)CC1)NCC1(CC(C)C)CCC1. The molecule has 2 N–H and O–H groups in total. The summed E-state index contributed by atoms with van der Waals surface area (Å²) in [6.07, 6.45) is 8.47. The lowest BCUT2D eigenvalue weighted by Gasteiger charge is -2.43. The lowest BCUT2D eigenvalue weighted by Crippen LogP contribution is -2.47. The van der Waals surface area contributed by atoms with Gasteiger partial charge in [0.05, 0.1) is 5.75 Å². The van der Waals surface area contributed by atoms with Gasteiger partial charge in [0.15, 0.2) is 5.96 Å². The van der Waals surface area contributed by atoms with E-state index in [4.69, 9.17) is 4.99 Å². The topological polar surface area (TPSA) is 70.6 Å². The summed E-state index contributed by atoms with van der Waals surface area (Å²) in [6.45, 7) is 9.04. The van der Waals surface area contributed by atoms with Crippen LogP contribution in [0.3, 0.4) is 0 Å². The van der Waals surface area contributed by atoms with Crippen LogP contribution >= 0.6 is 0 Å². The van der Waals surface area contributed by atoms with Crippen LogP contribution in [0, 0.1) is 16.7 Å². The van der Waals surface area contributed by atoms with E-state index >= 15 is 0 Å². The molecule has 0 spiro atoms. The molecule has 2 aliphatic rings. The van der Waals surface area contributed by atoms with Crippen molar-refractivity contribution in [1.29, 1.82) is 0 Å². The van der Waals surface area contributed by atoms with E-state index in [1.807, 2.05) is 0 Å². The van der Waals surface area contributed by atoms with Gasteiger partial charge in [-0.25, -0.2) is 8.42 Å². The van der Waals surface area contributed by atoms with Gasteiger partial charge in [-0.3, -0.25) is 4.99 Å². The number of rotatable bonds is 9. The van der Waals surface area contributed by atoms with Gasteiger partial charge in [0.25, 0.3) is 0 Å². The minimum atomic E-state index is -2.93. The normalized spacial score (nSPS) is 22.1. The molecular formula is C18H35N3O2S. The van der Waals surface area contributed by atoms with Gasteiger partial charge < -0.3 is 10.6 Å². The van der Waals surface area contributed by atoms with E-state index in [2.05, 4.69) is 31.4 Å². The number of aliphatic imine (C=N–C) groups is 1. The number of sulfone groups is 1. The molecule has 140 valence electrons. The maximum atomic E-state index is 11.6. The highest BCUT2D eigenvalue weighted by molar-refractivity contribution is 7.90. The molecule has 0 atom stereocenters. The molecule has 0 bridgehead atoms. The molecule has 2 saturated carbocycles. The molecule has 24 heavy (non-hydrogen) atoms. The van der Waals surface area contributed by atoms with Gasteiger partial charge in [-0.15, -0.1) is 0 Å². The fourth-order valence-corrected chi connectivity index (χ4v) is 5.43. The second-order valence-electron chi connectivity index (χ2n) is 8.57. The van der Waals surface area contributed by atoms with Crippen LogP contribution in [-0.2, 0) is 9.84 Å². The van der Waals surface area contributed by atoms with Gasteiger partial charge in [0.2, 0.25) is 0 Å². The largest absolute Gasteiger partial charge is 0.357 e. The van der Waals surface area contributed by atoms with Crippen LogP contribution in [-0.4, -0.2) is 46.0 Å². The van der Waals surface area contributed by atoms with E-state index in [1.165, 1.54) is 31.9 Å². The first-order valence-electron chi connectivity index (χ1n) is 9.38. The van der Waals surface area contributed by atoms with E-state index in [9.17, 15) is 8.42 Å². The van der Waals surface area contributed by atoms with Crippen molar-refractivity contribution in [2.45, 2.75) is 59.3 Å². The first-order valence-corrected chi connectivity index (χ1v) is 11.4. The van der Waals surface area contributed by atoms with Crippen LogP contribution < -0.4 is 10.6 Å². The van der Waals surface area contributed by atoms with Crippen molar-refractivity contribution in [3.8, 4) is 0 Å². The zero-order valence-electron chi connectivity index (χ0n) is 15.8. The van der Waals surface area contributed by atoms with Crippen LogP contribution in [0.2, 0.25) is 0 Å². The fraction of sp³-hybridized carbons (Fsp3) is 0.944. The predicted molar refractivity (Wildman–Crippen MR) is 101 cm³/mol. The number of hydrogen-bond acceptors (Lipinski definition) is 3. The molecule has 0 unspecified atom stereocenters. The Morgan fingerprint density at radius 1 is 1.12 bits per heavy atom. The summed E-state index contributed by atoms with van der Waals surface area (Å²) in [5.41, 5.74) is 0.316. The third-order valence-electron chi connectivity index (χ3n) is 5.33. The molecule has 0 aromatic rings. The summed E-state index contributed by atoms with van der Waals surface area (Å²) in [4.78, 5) is 4.70. The number of nitrogens with one attached hydrogen (secondary N) is 2. The Hall–Kier alpha value is -0.780. The molecule has 0 radical (unpaired) electrons. The summed E-state index contributed by atoms with van der Waals surface area (Å²) < 4.78 is 23.2. The Morgan fingerprint density at radius 2 is 1.79 bits per heavy atom. The smallest absolute Gasteiger partial charge is 0.191 e. The first kappa shape index (κ1) is 19.5. The van der Waals surface area contributed by atoms with Gasteiger partial charge in [-0.2, -0.15) is 0 Å². The van der Waals surface area contributed by atoms with Gasteiger partial charge in [0, 0.05) is 31.3 Å². The summed E-state index contributed by atoms with van der Waals surface area (Å²) in [5, 5.41) is 6.83. The second-order valence-corrected chi connectivity index (χ2v) is 10.7. The zero-order chi connectivity index (χ0) is 17.8. The number of guanidine groups is 1. The van der Waals surface area contributed by atoms with E-state index in [0.717, 1.165) is 37.8 Å². The van der Waals surface area contributed by atoms with E-state index in [1.54, 1.807) is 0 Å². The van der Waals surface area contributed by atoms with Crippen LogP contribution in [0.1, 0.15) is 59.3 Å². The zero-order valence-corrected chi connectivity index (χ0v) is 16.6. The minimum Gasteiger partial charge on any atom is -0.357 e. The fourth-order valence-electron chi connectivity index (χ4n) is 3.94. The second kappa shape index (κ2) is 7.63. The highest BCUT2D eigenvalue weighted by atomic mass is 32.2. The molecule has 5 nitrogen and oxygen atoms in total. The molecule has 0 heterocycles. The molecule has 0 aromatic carbocycles. The van der Waals surface area contributed by atoms with Crippen LogP contribution in [0.15, 0.2) is 4.99 Å². The van der Waals surface area contributed by atoms with Crippen molar-refractivity contribution >= 4 is 15.8 Å². The van der Waals surface area contributed by atoms with Crippen molar-refractivity contribution < 1.29 is 8.42 Å². The first-order chi connectivity index (χ1) is 11.2. The summed E-state index contributed by atoms with van der Waals surface area (Å²) in [6, 6.07) is 0. The highest BCUT2D eigenvalue weighted by Crippen LogP contribution is 2.47. The van der Waals surface area contributed by atoms with Crippen molar-refractivity contribution in [3.05, 3.63) is 0 Å². The van der Waals surface area contributed by atoms with Gasteiger partial charge in [-0.1, -0.05) is 20.3 Å². The van der Waals surface area contributed by atoms with Crippen LogP contribution in [0.25, 0.3) is 0 Å². The van der Waals surface area contributed by atoms with E-state index in [-0.39, 0.29) is 11.2 Å². The highest BCUT2D eigenvalue weighted by Gasteiger charge is 2.45. The molecule has 2 aliphatic carbocycles. The van der Waals surface area contributed by atoms with Crippen molar-refractivity contribution in [1.82, 2.24) is 10.6 Å². The van der Waals surface area contributed by atoms with E-state index in [0.29, 0.717) is 12.0 Å². The summed E-state index contributed by atoms with van der Waals surface area (Å²) in [7, 11) is -2.93. The molecule has 0 amide bonds. The van der Waals surface area contributed by atoms with Crippen molar-refractivity contribution in [2.75, 3.05) is 31.6 Å². The van der Waals surface area contributed by atoms with Crippen LogP contribution in [0.4, 0.5) is 0 Å². The Morgan fingerprint density at radius 3 is 2.21 bits per heavy atom. The summed E-state index contributed by atoms with van der Waals surface area (Å²) in [5.74, 6) is 1.82. The molecule has 0 aromatic heterocycles. The Balaban J connectivity index is 1.91. The van der Waals surface area contributed by atoms with E-state index < -0.39 is 9.84 Å². The lowest BCUT2D eigenvalue weighted by molar-refractivity contribution is 0.104. The average Bonchev–Trinajstić information content (AvgIpc) is 3.16. The van der Waals surface area contributed by atoms with Crippen molar-refractivity contribution in [3.63, 3.8) is 0 Å².